The number of ether oxygens (including phenoxy) is 1. The first-order chi connectivity index (χ1) is 10.7. The van der Waals surface area contributed by atoms with Crippen LogP contribution in [0.3, 0.4) is 0 Å². The van der Waals surface area contributed by atoms with E-state index in [2.05, 4.69) is 15.5 Å². The van der Waals surface area contributed by atoms with Crippen LogP contribution in [0.2, 0.25) is 5.02 Å². The lowest BCUT2D eigenvalue weighted by atomic mass is 10.3. The molecule has 6 nitrogen and oxygen atoms in total. The molecule has 7 heteroatoms. The summed E-state index contributed by atoms with van der Waals surface area (Å²) in [6, 6.07) is 10.4. The topological polar surface area (TPSA) is 67.4 Å². The molecule has 1 aromatic carbocycles. The lowest BCUT2D eigenvalue weighted by molar-refractivity contribution is 0.188. The van der Waals surface area contributed by atoms with Crippen LogP contribution in [0.1, 0.15) is 6.42 Å². The molecule has 2 aromatic rings. The highest BCUT2D eigenvalue weighted by Crippen LogP contribution is 2.18. The summed E-state index contributed by atoms with van der Waals surface area (Å²) in [7, 11) is 0. The van der Waals surface area contributed by atoms with Gasteiger partial charge in [0.25, 0.3) is 0 Å². The summed E-state index contributed by atoms with van der Waals surface area (Å²) < 4.78 is 5.71. The van der Waals surface area contributed by atoms with Crippen molar-refractivity contribution in [2.45, 2.75) is 12.5 Å². The summed E-state index contributed by atoms with van der Waals surface area (Å²) in [4.78, 5) is 13.9. The van der Waals surface area contributed by atoms with Gasteiger partial charge in [-0.1, -0.05) is 11.6 Å². The van der Waals surface area contributed by atoms with Gasteiger partial charge in [-0.25, -0.2) is 4.79 Å². The number of amides is 2. The zero-order valence-electron chi connectivity index (χ0n) is 11.8. The highest BCUT2D eigenvalue weighted by Gasteiger charge is 2.28. The number of benzene rings is 1. The molecule has 1 N–H and O–H groups in total. The molecule has 114 valence electrons. The number of carbonyl (C=O) groups excluding carboxylic acids is 1. The van der Waals surface area contributed by atoms with Crippen molar-refractivity contribution in [2.75, 3.05) is 18.4 Å². The molecule has 1 fully saturated rings. The van der Waals surface area contributed by atoms with Gasteiger partial charge >= 0.3 is 6.03 Å². The van der Waals surface area contributed by atoms with Crippen molar-refractivity contribution in [3.05, 3.63) is 47.6 Å². The third kappa shape index (κ3) is 3.65. The molecule has 0 aliphatic carbocycles. The third-order valence-corrected chi connectivity index (χ3v) is 3.61. The number of anilines is 1. The van der Waals surface area contributed by atoms with E-state index in [9.17, 15) is 4.79 Å². The van der Waals surface area contributed by atoms with E-state index in [0.29, 0.717) is 29.7 Å². The lowest BCUT2D eigenvalue weighted by Crippen LogP contribution is -2.34. The van der Waals surface area contributed by atoms with Crippen molar-refractivity contribution in [3.8, 4) is 5.88 Å². The molecule has 22 heavy (non-hydrogen) atoms. The van der Waals surface area contributed by atoms with Gasteiger partial charge in [-0.15, -0.1) is 5.10 Å². The maximum absolute atomic E-state index is 12.2. The van der Waals surface area contributed by atoms with Crippen LogP contribution < -0.4 is 10.1 Å². The van der Waals surface area contributed by atoms with Crippen LogP contribution in [0.25, 0.3) is 0 Å². The predicted molar refractivity (Wildman–Crippen MR) is 83.1 cm³/mol. The molecule has 0 radical (unpaired) electrons. The number of urea groups is 1. The SMILES string of the molecule is O=C(Nc1ccc(Cl)cc1)N1CCC(Oc2cccnn2)C1. The number of nitrogens with one attached hydrogen (secondary N) is 1. The Kier molecular flexibility index (Phi) is 4.39. The minimum absolute atomic E-state index is 0.0623. The van der Waals surface area contributed by atoms with Gasteiger partial charge in [0.2, 0.25) is 5.88 Å². The molecule has 1 aliphatic heterocycles. The molecule has 1 unspecified atom stereocenters. The van der Waals surface area contributed by atoms with Gasteiger partial charge in [0.05, 0.1) is 6.54 Å². The summed E-state index contributed by atoms with van der Waals surface area (Å²) in [6.45, 7) is 1.17. The average Bonchev–Trinajstić information content (AvgIpc) is 2.99. The summed E-state index contributed by atoms with van der Waals surface area (Å²) in [5, 5.41) is 11.1. The van der Waals surface area contributed by atoms with Crippen LogP contribution in [0.5, 0.6) is 5.88 Å². The molecule has 2 heterocycles. The van der Waals surface area contributed by atoms with Gasteiger partial charge in [0.15, 0.2) is 0 Å². The first kappa shape index (κ1) is 14.6. The Morgan fingerprint density at radius 1 is 1.32 bits per heavy atom. The second-order valence-electron chi connectivity index (χ2n) is 4.97. The van der Waals surface area contributed by atoms with Crippen molar-refractivity contribution in [1.29, 1.82) is 0 Å². The van der Waals surface area contributed by atoms with Crippen LogP contribution in [0.15, 0.2) is 42.6 Å². The molecule has 2 amide bonds. The Hall–Kier alpha value is -2.34. The van der Waals surface area contributed by atoms with E-state index in [-0.39, 0.29) is 12.1 Å². The summed E-state index contributed by atoms with van der Waals surface area (Å²) in [6.07, 6.45) is 2.30. The Morgan fingerprint density at radius 2 is 2.14 bits per heavy atom. The van der Waals surface area contributed by atoms with Gasteiger partial charge in [0, 0.05) is 35.9 Å². The third-order valence-electron chi connectivity index (χ3n) is 3.36. The van der Waals surface area contributed by atoms with Crippen molar-refractivity contribution in [2.24, 2.45) is 0 Å². The summed E-state index contributed by atoms with van der Waals surface area (Å²) in [5.41, 5.74) is 0.715. The van der Waals surface area contributed by atoms with Crippen molar-refractivity contribution in [1.82, 2.24) is 15.1 Å². The first-order valence-corrected chi connectivity index (χ1v) is 7.34. The van der Waals surface area contributed by atoms with E-state index >= 15 is 0 Å². The second-order valence-corrected chi connectivity index (χ2v) is 5.41. The molecular weight excluding hydrogens is 304 g/mol. The van der Waals surface area contributed by atoms with Crippen molar-refractivity contribution >= 4 is 23.3 Å². The smallest absolute Gasteiger partial charge is 0.321 e. The maximum Gasteiger partial charge on any atom is 0.321 e. The second kappa shape index (κ2) is 6.62. The van der Waals surface area contributed by atoms with Crippen LogP contribution in [0, 0.1) is 0 Å². The van der Waals surface area contributed by atoms with Gasteiger partial charge in [-0.05, 0) is 30.3 Å². The Labute approximate surface area is 133 Å². The highest BCUT2D eigenvalue weighted by atomic mass is 35.5. The molecular formula is C15H15ClN4O2. The highest BCUT2D eigenvalue weighted by molar-refractivity contribution is 6.30. The average molecular weight is 319 g/mol. The number of likely N-dealkylation sites (tertiary alicyclic amines) is 1. The van der Waals surface area contributed by atoms with Crippen LogP contribution in [0.4, 0.5) is 10.5 Å². The number of aromatic nitrogens is 2. The van der Waals surface area contributed by atoms with Crippen LogP contribution >= 0.6 is 11.6 Å². The predicted octanol–water partition coefficient (Wildman–Crippen LogP) is 2.82. The fraction of sp³-hybridized carbons (Fsp3) is 0.267. The van der Waals surface area contributed by atoms with Crippen LogP contribution in [-0.4, -0.2) is 40.3 Å². The van der Waals surface area contributed by atoms with E-state index in [4.69, 9.17) is 16.3 Å². The quantitative estimate of drug-likeness (QED) is 0.945. The standard InChI is InChI=1S/C15H15ClN4O2/c16-11-3-5-12(6-4-11)18-15(21)20-9-7-13(10-20)22-14-2-1-8-17-19-14/h1-6,8,13H,7,9-10H2,(H,18,21). The Balaban J connectivity index is 1.53. The van der Waals surface area contributed by atoms with E-state index in [0.717, 1.165) is 6.42 Å². The van der Waals surface area contributed by atoms with E-state index in [1.807, 2.05) is 0 Å². The molecule has 1 saturated heterocycles. The zero-order valence-corrected chi connectivity index (χ0v) is 12.5. The number of nitrogens with zero attached hydrogens (tertiary/aromatic N) is 3. The maximum atomic E-state index is 12.2. The molecule has 0 bridgehead atoms. The summed E-state index contributed by atoms with van der Waals surface area (Å²) >= 11 is 5.82. The number of hydrogen-bond donors (Lipinski definition) is 1. The monoisotopic (exact) mass is 318 g/mol. The van der Waals surface area contributed by atoms with Crippen LogP contribution in [-0.2, 0) is 0 Å². The number of carbonyl (C=O) groups is 1. The van der Waals surface area contributed by atoms with Crippen molar-refractivity contribution < 1.29 is 9.53 Å². The first-order valence-electron chi connectivity index (χ1n) is 6.96. The normalized spacial score (nSPS) is 17.3. The molecule has 0 spiro atoms. The zero-order chi connectivity index (χ0) is 15.4. The summed E-state index contributed by atoms with van der Waals surface area (Å²) in [5.74, 6) is 0.479. The minimum atomic E-state index is -0.146. The molecule has 1 aromatic heterocycles. The minimum Gasteiger partial charge on any atom is -0.471 e. The van der Waals surface area contributed by atoms with Gasteiger partial charge in [-0.2, -0.15) is 5.10 Å². The number of halogens is 1. The van der Waals surface area contributed by atoms with Crippen molar-refractivity contribution in [3.63, 3.8) is 0 Å². The van der Waals surface area contributed by atoms with Gasteiger partial charge in [0.1, 0.15) is 6.10 Å². The molecule has 3 rings (SSSR count). The number of hydrogen-bond acceptors (Lipinski definition) is 4. The largest absolute Gasteiger partial charge is 0.471 e. The van der Waals surface area contributed by atoms with E-state index in [1.54, 1.807) is 47.5 Å². The molecule has 0 saturated carbocycles. The fourth-order valence-corrected chi connectivity index (χ4v) is 2.39. The fourth-order valence-electron chi connectivity index (χ4n) is 2.27. The molecule has 1 aliphatic rings. The van der Waals surface area contributed by atoms with E-state index in [1.165, 1.54) is 0 Å². The molecule has 1 atom stereocenters. The Morgan fingerprint density at radius 3 is 2.86 bits per heavy atom. The Bertz CT molecular complexity index is 636. The number of rotatable bonds is 3. The van der Waals surface area contributed by atoms with Gasteiger partial charge < -0.3 is 15.0 Å². The van der Waals surface area contributed by atoms with Gasteiger partial charge in [-0.3, -0.25) is 0 Å². The van der Waals surface area contributed by atoms with E-state index < -0.39 is 0 Å². The lowest BCUT2D eigenvalue weighted by Gasteiger charge is -2.17.